The molecule has 0 unspecified atom stereocenters. The maximum atomic E-state index is 14.2. The lowest BCUT2D eigenvalue weighted by molar-refractivity contribution is 0.0694. The number of aryl methyl sites for hydroxylation is 1. The summed E-state index contributed by atoms with van der Waals surface area (Å²) >= 11 is 0. The second-order valence-corrected chi connectivity index (χ2v) is 6.86. The third-order valence-corrected chi connectivity index (χ3v) is 4.85. The summed E-state index contributed by atoms with van der Waals surface area (Å²) in [5.74, 6) is -1.63. The summed E-state index contributed by atoms with van der Waals surface area (Å²) in [5, 5.41) is 9.35. The number of carboxylic acid groups (broad SMARTS) is 1. The van der Waals surface area contributed by atoms with Gasteiger partial charge in [-0.3, -0.25) is 9.20 Å². The zero-order valence-corrected chi connectivity index (χ0v) is 15.4. The normalized spacial score (nSPS) is 10.9. The van der Waals surface area contributed by atoms with Gasteiger partial charge in [0.15, 0.2) is 0 Å². The fraction of sp³-hybridized carbons (Fsp3) is 0.273. The number of carboxylic acids is 1. The first-order chi connectivity index (χ1) is 12.8. The Balaban J connectivity index is 0.00000280. The van der Waals surface area contributed by atoms with Crippen molar-refractivity contribution >= 4 is 11.5 Å². The first kappa shape index (κ1) is 21.3. The summed E-state index contributed by atoms with van der Waals surface area (Å²) in [4.78, 5) is 24.0. The van der Waals surface area contributed by atoms with E-state index in [4.69, 9.17) is 5.73 Å². The highest BCUT2D eigenvalue weighted by Gasteiger charge is 2.19. The first-order valence-electron chi connectivity index (χ1n) is 8.67. The number of aromatic carboxylic acids is 1. The summed E-state index contributed by atoms with van der Waals surface area (Å²) in [6, 6.07) is 8.02. The Kier molecular flexibility index (Phi) is 6.04. The molecule has 0 aliphatic heterocycles. The van der Waals surface area contributed by atoms with Crippen LogP contribution in [0.15, 0.2) is 41.3 Å². The predicted octanol–water partition coefficient (Wildman–Crippen LogP) is 4.33. The van der Waals surface area contributed by atoms with Gasteiger partial charge in [-0.2, -0.15) is 0 Å². The Bertz CT molecular complexity index is 1120. The van der Waals surface area contributed by atoms with Gasteiger partial charge in [0.25, 0.3) is 5.56 Å². The van der Waals surface area contributed by atoms with Crippen molar-refractivity contribution in [3.05, 3.63) is 75.0 Å². The minimum Gasteiger partial charge on any atom is -0.477 e. The SMILES string of the molecule is C.Cc1c(-c2ccc(CN)c(F)c2)ccn2c(=O)c(C(=O)O)cc(C(C)C)c12. The summed E-state index contributed by atoms with van der Waals surface area (Å²) in [5.41, 5.74) is 8.76. The average Bonchev–Trinajstić information content (AvgIpc) is 2.62. The summed E-state index contributed by atoms with van der Waals surface area (Å²) < 4.78 is 15.6. The van der Waals surface area contributed by atoms with E-state index in [2.05, 4.69) is 0 Å². The Morgan fingerprint density at radius 2 is 1.93 bits per heavy atom. The van der Waals surface area contributed by atoms with Crippen molar-refractivity contribution in [2.45, 2.75) is 40.7 Å². The molecule has 0 radical (unpaired) electrons. The van der Waals surface area contributed by atoms with Gasteiger partial charge in [-0.1, -0.05) is 33.4 Å². The van der Waals surface area contributed by atoms with Crippen LogP contribution in [-0.4, -0.2) is 15.5 Å². The van der Waals surface area contributed by atoms with E-state index < -0.39 is 11.5 Å². The molecule has 148 valence electrons. The lowest BCUT2D eigenvalue weighted by Crippen LogP contribution is -2.24. The molecular formula is C22H25FN2O3. The molecule has 28 heavy (non-hydrogen) atoms. The van der Waals surface area contributed by atoms with Crippen molar-refractivity contribution < 1.29 is 14.3 Å². The van der Waals surface area contributed by atoms with Crippen LogP contribution in [0.5, 0.6) is 0 Å². The van der Waals surface area contributed by atoms with Gasteiger partial charge in [0.05, 0.1) is 5.52 Å². The number of carbonyl (C=O) groups is 1. The molecule has 5 nitrogen and oxygen atoms in total. The third kappa shape index (κ3) is 3.43. The molecule has 2 heterocycles. The molecule has 0 saturated heterocycles. The van der Waals surface area contributed by atoms with Crippen molar-refractivity contribution in [2.75, 3.05) is 0 Å². The molecule has 3 aromatic rings. The van der Waals surface area contributed by atoms with Crippen molar-refractivity contribution in [3.63, 3.8) is 0 Å². The quantitative estimate of drug-likeness (QED) is 0.701. The van der Waals surface area contributed by atoms with E-state index in [1.807, 2.05) is 20.8 Å². The van der Waals surface area contributed by atoms with Crippen LogP contribution in [0.3, 0.4) is 0 Å². The van der Waals surface area contributed by atoms with E-state index >= 15 is 0 Å². The molecule has 0 fully saturated rings. The van der Waals surface area contributed by atoms with Crippen LogP contribution in [0.2, 0.25) is 0 Å². The van der Waals surface area contributed by atoms with Crippen molar-refractivity contribution in [1.82, 2.24) is 4.40 Å². The van der Waals surface area contributed by atoms with Crippen LogP contribution in [0.25, 0.3) is 16.6 Å². The van der Waals surface area contributed by atoms with E-state index in [0.717, 1.165) is 16.7 Å². The molecule has 0 atom stereocenters. The van der Waals surface area contributed by atoms with Gasteiger partial charge in [0.1, 0.15) is 11.4 Å². The Morgan fingerprint density at radius 1 is 1.25 bits per heavy atom. The minimum atomic E-state index is -1.25. The summed E-state index contributed by atoms with van der Waals surface area (Å²) in [6.45, 7) is 5.85. The molecule has 3 N–H and O–H groups in total. The zero-order valence-electron chi connectivity index (χ0n) is 15.4. The fourth-order valence-electron chi connectivity index (χ4n) is 3.38. The maximum Gasteiger partial charge on any atom is 0.341 e. The highest BCUT2D eigenvalue weighted by atomic mass is 19.1. The second kappa shape index (κ2) is 7.94. The lowest BCUT2D eigenvalue weighted by atomic mass is 9.93. The number of fused-ring (bicyclic) bond motifs is 1. The molecule has 0 amide bonds. The number of rotatable bonds is 4. The van der Waals surface area contributed by atoms with Gasteiger partial charge >= 0.3 is 5.97 Å². The average molecular weight is 384 g/mol. The lowest BCUT2D eigenvalue weighted by Gasteiger charge is -2.17. The second-order valence-electron chi connectivity index (χ2n) is 6.86. The zero-order chi connectivity index (χ0) is 19.9. The molecule has 0 bridgehead atoms. The van der Waals surface area contributed by atoms with E-state index in [0.29, 0.717) is 16.6 Å². The highest BCUT2D eigenvalue weighted by Crippen LogP contribution is 2.31. The number of benzene rings is 1. The Labute approximate surface area is 163 Å². The van der Waals surface area contributed by atoms with Gasteiger partial charge in [-0.05, 0) is 53.3 Å². The minimum absolute atomic E-state index is 0. The Morgan fingerprint density at radius 3 is 2.46 bits per heavy atom. The largest absolute Gasteiger partial charge is 0.477 e. The number of nitrogens with two attached hydrogens (primary N) is 1. The number of halogens is 1. The Hall–Kier alpha value is -2.99. The first-order valence-corrected chi connectivity index (χ1v) is 8.67. The predicted molar refractivity (Wildman–Crippen MR) is 109 cm³/mol. The molecule has 0 aliphatic carbocycles. The number of hydrogen-bond acceptors (Lipinski definition) is 3. The van der Waals surface area contributed by atoms with Gasteiger partial charge in [0.2, 0.25) is 0 Å². The van der Waals surface area contributed by atoms with Gasteiger partial charge < -0.3 is 10.8 Å². The van der Waals surface area contributed by atoms with Gasteiger partial charge in [0, 0.05) is 18.3 Å². The number of pyridine rings is 2. The van der Waals surface area contributed by atoms with E-state index in [-0.39, 0.29) is 31.3 Å². The van der Waals surface area contributed by atoms with Crippen LogP contribution in [0.4, 0.5) is 4.39 Å². The summed E-state index contributed by atoms with van der Waals surface area (Å²) in [6.07, 6.45) is 1.55. The van der Waals surface area contributed by atoms with E-state index in [1.54, 1.807) is 24.4 Å². The number of nitrogens with zero attached hydrogens (tertiary/aromatic N) is 1. The monoisotopic (exact) mass is 384 g/mol. The highest BCUT2D eigenvalue weighted by molar-refractivity contribution is 5.89. The molecular weight excluding hydrogens is 359 g/mol. The standard InChI is InChI=1S/C21H21FN2O3.CH4/c1-11(2)16-9-17(21(26)27)20(25)24-7-6-15(12(3)19(16)24)13-4-5-14(10-23)18(22)8-13;/h4-9,11H,10,23H2,1-3H3,(H,26,27);1H4. The number of hydrogen-bond donors (Lipinski definition) is 2. The molecule has 2 aromatic heterocycles. The van der Waals surface area contributed by atoms with Crippen LogP contribution in [0, 0.1) is 12.7 Å². The van der Waals surface area contributed by atoms with Gasteiger partial charge in [-0.15, -0.1) is 0 Å². The topological polar surface area (TPSA) is 84.8 Å². The molecule has 3 rings (SSSR count). The van der Waals surface area contributed by atoms with Crippen LogP contribution >= 0.6 is 0 Å². The smallest absolute Gasteiger partial charge is 0.341 e. The van der Waals surface area contributed by atoms with Gasteiger partial charge in [-0.25, -0.2) is 9.18 Å². The third-order valence-electron chi connectivity index (χ3n) is 4.85. The van der Waals surface area contributed by atoms with Crippen molar-refractivity contribution in [1.29, 1.82) is 0 Å². The van der Waals surface area contributed by atoms with Crippen molar-refractivity contribution in [3.8, 4) is 11.1 Å². The number of aromatic nitrogens is 1. The van der Waals surface area contributed by atoms with Crippen LogP contribution < -0.4 is 11.3 Å². The fourth-order valence-corrected chi connectivity index (χ4v) is 3.38. The van der Waals surface area contributed by atoms with E-state index in [9.17, 15) is 19.1 Å². The van der Waals surface area contributed by atoms with Crippen molar-refractivity contribution in [2.24, 2.45) is 5.73 Å². The molecule has 1 aromatic carbocycles. The maximum absolute atomic E-state index is 14.2. The molecule has 6 heteroatoms. The van der Waals surface area contributed by atoms with E-state index in [1.165, 1.54) is 16.5 Å². The summed E-state index contributed by atoms with van der Waals surface area (Å²) in [7, 11) is 0. The molecule has 0 aliphatic rings. The van der Waals surface area contributed by atoms with Crippen LogP contribution in [0.1, 0.15) is 54.2 Å². The molecule has 0 spiro atoms. The van der Waals surface area contributed by atoms with Crippen LogP contribution in [-0.2, 0) is 6.54 Å². The molecule has 0 saturated carbocycles.